The van der Waals surface area contributed by atoms with Gasteiger partial charge in [0.1, 0.15) is 11.7 Å². The summed E-state index contributed by atoms with van der Waals surface area (Å²) in [5.41, 5.74) is 0.137. The lowest BCUT2D eigenvalue weighted by Gasteiger charge is -2.14. The number of benzene rings is 1. The Hall–Kier alpha value is -2.96. The van der Waals surface area contributed by atoms with Gasteiger partial charge in [0.2, 0.25) is 0 Å². The second kappa shape index (κ2) is 8.05. The number of rotatable bonds is 7. The van der Waals surface area contributed by atoms with Crippen LogP contribution in [0, 0.1) is 0 Å². The minimum absolute atomic E-state index is 0.0128. The smallest absolute Gasteiger partial charge is 0.326 e. The number of carboxylic acids is 1. The zero-order chi connectivity index (χ0) is 17.5. The predicted octanol–water partition coefficient (Wildman–Crippen LogP) is 1.61. The fraction of sp³-hybridized carbons (Fsp3) is 0.294. The average Bonchev–Trinajstić information content (AvgIpc) is 2.59. The number of carbonyl (C=O) groups is 2. The Morgan fingerprint density at radius 1 is 1.21 bits per heavy atom. The van der Waals surface area contributed by atoms with Gasteiger partial charge in [-0.25, -0.2) is 4.79 Å². The summed E-state index contributed by atoms with van der Waals surface area (Å²) >= 11 is 0. The van der Waals surface area contributed by atoms with Crippen LogP contribution in [-0.4, -0.2) is 32.8 Å². The molecule has 0 bridgehead atoms. The maximum absolute atomic E-state index is 12.3. The van der Waals surface area contributed by atoms with Gasteiger partial charge < -0.3 is 10.4 Å². The molecule has 126 valence electrons. The first-order valence-corrected chi connectivity index (χ1v) is 7.72. The maximum Gasteiger partial charge on any atom is 0.326 e. The van der Waals surface area contributed by atoms with Crippen LogP contribution in [0.1, 0.15) is 36.7 Å². The van der Waals surface area contributed by atoms with Crippen molar-refractivity contribution in [2.45, 2.75) is 32.2 Å². The molecule has 0 spiro atoms. The van der Waals surface area contributed by atoms with Crippen LogP contribution >= 0.6 is 0 Å². The molecule has 0 saturated heterocycles. The highest BCUT2D eigenvalue weighted by Gasteiger charge is 2.21. The molecule has 1 aromatic heterocycles. The Bertz CT molecular complexity index is 771. The summed E-state index contributed by atoms with van der Waals surface area (Å²) in [6.07, 6.45) is 1.86. The first-order chi connectivity index (χ1) is 11.5. The highest BCUT2D eigenvalue weighted by Crippen LogP contribution is 2.05. The second-order valence-corrected chi connectivity index (χ2v) is 5.31. The van der Waals surface area contributed by atoms with E-state index in [0.29, 0.717) is 18.5 Å². The van der Waals surface area contributed by atoms with Gasteiger partial charge >= 0.3 is 5.97 Å². The van der Waals surface area contributed by atoms with Crippen LogP contribution in [0.3, 0.4) is 0 Å². The van der Waals surface area contributed by atoms with E-state index in [1.165, 1.54) is 12.1 Å². The molecule has 0 saturated carbocycles. The third kappa shape index (κ3) is 4.28. The fourth-order valence-corrected chi connectivity index (χ4v) is 2.18. The molecule has 1 aromatic carbocycles. The molecule has 24 heavy (non-hydrogen) atoms. The Balaban J connectivity index is 2.24. The molecule has 2 aromatic rings. The summed E-state index contributed by atoms with van der Waals surface area (Å²) in [4.78, 5) is 35.4. The quantitative estimate of drug-likeness (QED) is 0.803. The van der Waals surface area contributed by atoms with Crippen LogP contribution in [-0.2, 0) is 4.79 Å². The van der Waals surface area contributed by atoms with E-state index in [2.05, 4.69) is 10.4 Å². The number of unbranched alkanes of at least 4 members (excludes halogenated alkanes) is 1. The molecule has 7 nitrogen and oxygen atoms in total. The van der Waals surface area contributed by atoms with E-state index in [9.17, 15) is 19.5 Å². The molecular formula is C17H19N3O4. The van der Waals surface area contributed by atoms with Crippen molar-refractivity contribution in [1.82, 2.24) is 15.1 Å². The van der Waals surface area contributed by atoms with Crippen molar-refractivity contribution in [3.8, 4) is 5.69 Å². The van der Waals surface area contributed by atoms with Crippen molar-refractivity contribution in [3.05, 3.63) is 58.5 Å². The van der Waals surface area contributed by atoms with Gasteiger partial charge in [-0.15, -0.1) is 0 Å². The van der Waals surface area contributed by atoms with Crippen molar-refractivity contribution in [2.75, 3.05) is 0 Å². The maximum atomic E-state index is 12.3. The number of aliphatic carboxylic acids is 1. The van der Waals surface area contributed by atoms with E-state index in [1.54, 1.807) is 30.3 Å². The number of hydrogen-bond acceptors (Lipinski definition) is 4. The van der Waals surface area contributed by atoms with Crippen LogP contribution in [0.25, 0.3) is 5.69 Å². The lowest BCUT2D eigenvalue weighted by molar-refractivity contribution is -0.139. The number of nitrogens with zero attached hydrogens (tertiary/aromatic N) is 2. The Kier molecular flexibility index (Phi) is 5.83. The molecule has 0 unspecified atom stereocenters. The van der Waals surface area contributed by atoms with Crippen molar-refractivity contribution in [1.29, 1.82) is 0 Å². The van der Waals surface area contributed by atoms with E-state index in [4.69, 9.17) is 0 Å². The summed E-state index contributed by atoms with van der Waals surface area (Å²) in [5, 5.41) is 15.7. The number of aromatic nitrogens is 2. The minimum Gasteiger partial charge on any atom is -0.480 e. The normalized spacial score (nSPS) is 11.7. The number of para-hydroxylation sites is 1. The van der Waals surface area contributed by atoms with Gasteiger partial charge in [-0.1, -0.05) is 38.0 Å². The molecule has 0 aliphatic heterocycles. The average molecular weight is 329 g/mol. The summed E-state index contributed by atoms with van der Waals surface area (Å²) in [5.74, 6) is -1.71. The zero-order valence-corrected chi connectivity index (χ0v) is 13.3. The second-order valence-electron chi connectivity index (χ2n) is 5.31. The molecule has 1 atom stereocenters. The van der Waals surface area contributed by atoms with E-state index in [0.717, 1.165) is 11.1 Å². The van der Waals surface area contributed by atoms with Gasteiger partial charge in [0.15, 0.2) is 0 Å². The molecule has 1 heterocycles. The largest absolute Gasteiger partial charge is 0.480 e. The lowest BCUT2D eigenvalue weighted by atomic mass is 10.1. The lowest BCUT2D eigenvalue weighted by Crippen LogP contribution is -2.41. The number of hydrogen-bond donors (Lipinski definition) is 2. The van der Waals surface area contributed by atoms with Crippen molar-refractivity contribution >= 4 is 11.9 Å². The van der Waals surface area contributed by atoms with Gasteiger partial charge in [0, 0.05) is 6.07 Å². The number of amides is 1. The Labute approximate surface area is 138 Å². The first-order valence-electron chi connectivity index (χ1n) is 7.72. The van der Waals surface area contributed by atoms with E-state index in [-0.39, 0.29) is 11.3 Å². The van der Waals surface area contributed by atoms with Crippen LogP contribution in [0.5, 0.6) is 0 Å². The van der Waals surface area contributed by atoms with Gasteiger partial charge in [-0.2, -0.15) is 9.78 Å². The number of carboxylic acid groups (broad SMARTS) is 1. The summed E-state index contributed by atoms with van der Waals surface area (Å²) < 4.78 is 1.11. The highest BCUT2D eigenvalue weighted by atomic mass is 16.4. The molecule has 2 N–H and O–H groups in total. The third-order valence-electron chi connectivity index (χ3n) is 3.48. The topological polar surface area (TPSA) is 101 Å². The monoisotopic (exact) mass is 329 g/mol. The van der Waals surface area contributed by atoms with Crippen molar-refractivity contribution < 1.29 is 14.7 Å². The van der Waals surface area contributed by atoms with Crippen molar-refractivity contribution in [2.24, 2.45) is 0 Å². The fourth-order valence-electron chi connectivity index (χ4n) is 2.18. The van der Waals surface area contributed by atoms with Crippen LogP contribution in [0.4, 0.5) is 0 Å². The van der Waals surface area contributed by atoms with Gasteiger partial charge in [-0.3, -0.25) is 9.59 Å². The van der Waals surface area contributed by atoms with E-state index < -0.39 is 17.9 Å². The highest BCUT2D eigenvalue weighted by molar-refractivity contribution is 5.94. The molecule has 7 heteroatoms. The number of nitrogens with one attached hydrogen (secondary N) is 1. The molecule has 0 aliphatic carbocycles. The molecular weight excluding hydrogens is 310 g/mol. The predicted molar refractivity (Wildman–Crippen MR) is 88.2 cm³/mol. The molecule has 0 aliphatic rings. The van der Waals surface area contributed by atoms with E-state index in [1.807, 2.05) is 6.92 Å². The Morgan fingerprint density at radius 2 is 1.92 bits per heavy atom. The van der Waals surface area contributed by atoms with Gasteiger partial charge in [0.25, 0.3) is 11.5 Å². The summed E-state index contributed by atoms with van der Waals surface area (Å²) in [6, 6.07) is 10.2. The standard InChI is InChI=1S/C17H19N3O4/c1-2-3-9-14(17(23)24)18-16(22)13-10-11-15(21)20(19-13)12-7-5-4-6-8-12/h4-8,10-11,14H,2-3,9H2,1H3,(H,18,22)(H,23,24)/t14-/m0/s1. The first kappa shape index (κ1) is 17.4. The van der Waals surface area contributed by atoms with Gasteiger partial charge in [-0.05, 0) is 24.6 Å². The SMILES string of the molecule is CCCC[C@H](NC(=O)c1ccc(=O)n(-c2ccccc2)n1)C(=O)O. The van der Waals surface area contributed by atoms with Crippen LogP contribution < -0.4 is 10.9 Å². The summed E-state index contributed by atoms with van der Waals surface area (Å²) in [6.45, 7) is 1.94. The van der Waals surface area contributed by atoms with E-state index >= 15 is 0 Å². The minimum atomic E-state index is -1.09. The number of carbonyl (C=O) groups excluding carboxylic acids is 1. The van der Waals surface area contributed by atoms with Crippen LogP contribution in [0.15, 0.2) is 47.3 Å². The van der Waals surface area contributed by atoms with Crippen molar-refractivity contribution in [3.63, 3.8) is 0 Å². The molecule has 1 amide bonds. The Morgan fingerprint density at radius 3 is 2.54 bits per heavy atom. The third-order valence-corrected chi connectivity index (χ3v) is 3.48. The zero-order valence-electron chi connectivity index (χ0n) is 13.3. The molecule has 0 radical (unpaired) electrons. The van der Waals surface area contributed by atoms with Crippen LogP contribution in [0.2, 0.25) is 0 Å². The molecule has 2 rings (SSSR count). The van der Waals surface area contributed by atoms with Gasteiger partial charge in [0.05, 0.1) is 5.69 Å². The summed E-state index contributed by atoms with van der Waals surface area (Å²) in [7, 11) is 0. The molecule has 0 fully saturated rings.